The van der Waals surface area contributed by atoms with Crippen LogP contribution in [0, 0.1) is 5.92 Å². The van der Waals surface area contributed by atoms with Crippen LogP contribution in [0.2, 0.25) is 0 Å². The Morgan fingerprint density at radius 1 is 0.759 bits per heavy atom. The molecule has 1 heterocycles. The van der Waals surface area contributed by atoms with Gasteiger partial charge in [-0.05, 0) is 44.9 Å². The van der Waals surface area contributed by atoms with Crippen molar-refractivity contribution < 1.29 is 28.7 Å². The van der Waals surface area contributed by atoms with Crippen molar-refractivity contribution in [3.05, 3.63) is 167 Å². The van der Waals surface area contributed by atoms with E-state index in [0.29, 0.717) is 0 Å². The van der Waals surface area contributed by atoms with E-state index in [0.717, 1.165) is 38.9 Å². The SMILES string of the molecule is COC(=O)[C@H](CSC(c1ccccc1)(c1ccccc1)c1ccccc1)NC(=O)[C@H]1C[C@H](C(C)C)N(C(=O)OCC2c3ccccc3-c3ccccc32)O1. The van der Waals surface area contributed by atoms with E-state index in [2.05, 4.69) is 66.0 Å². The summed E-state index contributed by atoms with van der Waals surface area (Å²) in [7, 11) is 1.31. The topological polar surface area (TPSA) is 94.2 Å². The number of thioether (sulfide) groups is 1. The highest BCUT2D eigenvalue weighted by Gasteiger charge is 2.45. The Morgan fingerprint density at radius 2 is 1.24 bits per heavy atom. The van der Waals surface area contributed by atoms with Crippen molar-refractivity contribution >= 4 is 29.7 Å². The van der Waals surface area contributed by atoms with E-state index in [-0.39, 0.29) is 30.6 Å². The second-order valence-corrected chi connectivity index (χ2v) is 15.2. The lowest BCUT2D eigenvalue weighted by Crippen LogP contribution is -2.48. The molecule has 54 heavy (non-hydrogen) atoms. The first-order valence-electron chi connectivity index (χ1n) is 18.3. The fourth-order valence-corrected chi connectivity index (χ4v) is 9.20. The number of nitrogens with one attached hydrogen (secondary N) is 1. The van der Waals surface area contributed by atoms with Gasteiger partial charge in [-0.25, -0.2) is 9.59 Å². The van der Waals surface area contributed by atoms with Crippen molar-refractivity contribution in [3.63, 3.8) is 0 Å². The number of amides is 2. The number of hydrogen-bond donors (Lipinski definition) is 1. The number of benzene rings is 5. The van der Waals surface area contributed by atoms with Crippen molar-refractivity contribution in [2.75, 3.05) is 19.5 Å². The predicted octanol–water partition coefficient (Wildman–Crippen LogP) is 8.35. The Hall–Kier alpha value is -5.38. The molecule has 3 atom stereocenters. The number of hydrogen-bond acceptors (Lipinski definition) is 7. The number of methoxy groups -OCH3 is 1. The minimum Gasteiger partial charge on any atom is -0.467 e. The van der Waals surface area contributed by atoms with E-state index >= 15 is 0 Å². The summed E-state index contributed by atoms with van der Waals surface area (Å²) in [6.45, 7) is 4.08. The van der Waals surface area contributed by atoms with Crippen LogP contribution in [0.15, 0.2) is 140 Å². The second-order valence-electron chi connectivity index (χ2n) is 13.9. The molecule has 0 aromatic heterocycles. The fourth-order valence-electron chi connectivity index (χ4n) is 7.66. The molecule has 8 nitrogen and oxygen atoms in total. The van der Waals surface area contributed by atoms with E-state index in [9.17, 15) is 14.4 Å². The van der Waals surface area contributed by atoms with Crippen molar-refractivity contribution in [1.29, 1.82) is 0 Å². The maximum atomic E-state index is 14.0. The Kier molecular flexibility index (Phi) is 11.2. The molecule has 0 spiro atoms. The van der Waals surface area contributed by atoms with Crippen molar-refractivity contribution in [2.24, 2.45) is 5.92 Å². The Balaban J connectivity index is 1.08. The van der Waals surface area contributed by atoms with Gasteiger partial charge in [-0.1, -0.05) is 153 Å². The summed E-state index contributed by atoms with van der Waals surface area (Å²) in [5.74, 6) is -1.04. The van der Waals surface area contributed by atoms with Gasteiger partial charge in [0.25, 0.3) is 5.91 Å². The molecule has 1 N–H and O–H groups in total. The van der Waals surface area contributed by atoms with Gasteiger partial charge in [-0.3, -0.25) is 9.63 Å². The highest BCUT2D eigenvalue weighted by Crippen LogP contribution is 2.49. The molecule has 5 aromatic rings. The number of hydroxylamine groups is 2. The van der Waals surface area contributed by atoms with Crippen LogP contribution in [0.4, 0.5) is 4.79 Å². The normalized spacial score (nSPS) is 17.1. The van der Waals surface area contributed by atoms with E-state index < -0.39 is 40.9 Å². The van der Waals surface area contributed by atoms with Gasteiger partial charge in [0.1, 0.15) is 12.6 Å². The molecule has 0 radical (unpaired) electrons. The average Bonchev–Trinajstić information content (AvgIpc) is 3.81. The summed E-state index contributed by atoms with van der Waals surface area (Å²) in [5.41, 5.74) is 7.56. The van der Waals surface area contributed by atoms with Crippen molar-refractivity contribution in [2.45, 2.75) is 49.1 Å². The van der Waals surface area contributed by atoms with Gasteiger partial charge >= 0.3 is 12.1 Å². The van der Waals surface area contributed by atoms with E-state index in [1.807, 2.05) is 92.7 Å². The standard InChI is InChI=1S/C45H44N2O6S/c1-30(2)40-27-41(53-47(40)44(50)52-28-38-36-25-15-13-23-34(36)35-24-14-16-26-37(35)38)42(48)46-39(43(49)51-3)29-54-45(31-17-7-4-8-18-31,32-19-9-5-10-20-32)33-21-11-6-12-22-33/h4-26,30,38-41H,27-29H2,1-3H3,(H,46,48)/t39-,40+,41+/m0/s1. The molecule has 5 aromatic carbocycles. The average molecular weight is 741 g/mol. The fraction of sp³-hybridized carbons (Fsp3) is 0.267. The zero-order chi connectivity index (χ0) is 37.7. The lowest BCUT2D eigenvalue weighted by molar-refractivity contribution is -0.164. The molecule has 1 aliphatic carbocycles. The van der Waals surface area contributed by atoms with Gasteiger partial charge in [0, 0.05) is 18.1 Å². The summed E-state index contributed by atoms with van der Waals surface area (Å²) in [5, 5.41) is 4.12. The first-order chi connectivity index (χ1) is 26.3. The largest absolute Gasteiger partial charge is 0.467 e. The zero-order valence-corrected chi connectivity index (χ0v) is 31.4. The van der Waals surface area contributed by atoms with Crippen LogP contribution in [0.25, 0.3) is 11.1 Å². The lowest BCUT2D eigenvalue weighted by Gasteiger charge is -2.36. The molecule has 0 unspecified atom stereocenters. The number of ether oxygens (including phenoxy) is 2. The number of nitrogens with zero attached hydrogens (tertiary/aromatic N) is 1. The second kappa shape index (κ2) is 16.3. The monoisotopic (exact) mass is 740 g/mol. The predicted molar refractivity (Wildman–Crippen MR) is 211 cm³/mol. The summed E-state index contributed by atoms with van der Waals surface area (Å²) in [6.07, 6.45) is -1.42. The minimum absolute atomic E-state index is 0.0292. The number of rotatable bonds is 12. The van der Waals surface area contributed by atoms with Crippen LogP contribution < -0.4 is 5.32 Å². The van der Waals surface area contributed by atoms with Crippen molar-refractivity contribution in [1.82, 2.24) is 10.4 Å². The van der Waals surface area contributed by atoms with Gasteiger partial charge in [0.05, 0.1) is 17.9 Å². The first kappa shape index (κ1) is 37.0. The highest BCUT2D eigenvalue weighted by molar-refractivity contribution is 8.00. The van der Waals surface area contributed by atoms with E-state index in [4.69, 9.17) is 14.3 Å². The number of carbonyl (C=O) groups is 3. The first-order valence-corrected chi connectivity index (χ1v) is 19.3. The van der Waals surface area contributed by atoms with Gasteiger partial charge in [0.15, 0.2) is 6.10 Å². The van der Waals surface area contributed by atoms with E-state index in [1.165, 1.54) is 12.2 Å². The van der Waals surface area contributed by atoms with Crippen LogP contribution >= 0.6 is 11.8 Å². The minimum atomic E-state index is -1.02. The van der Waals surface area contributed by atoms with Crippen LogP contribution in [-0.2, 0) is 28.6 Å². The Bertz CT molecular complexity index is 1930. The van der Waals surface area contributed by atoms with Crippen LogP contribution in [-0.4, -0.2) is 60.7 Å². The van der Waals surface area contributed by atoms with Crippen molar-refractivity contribution in [3.8, 4) is 11.1 Å². The highest BCUT2D eigenvalue weighted by atomic mass is 32.2. The Labute approximate surface area is 320 Å². The molecule has 1 saturated heterocycles. The number of carbonyl (C=O) groups excluding carboxylic acids is 3. The molecule has 0 saturated carbocycles. The molecule has 9 heteroatoms. The molecule has 1 aliphatic heterocycles. The third-order valence-corrected chi connectivity index (χ3v) is 12.0. The van der Waals surface area contributed by atoms with Gasteiger partial charge in [0.2, 0.25) is 0 Å². The summed E-state index contributed by atoms with van der Waals surface area (Å²) in [6, 6.07) is 45.3. The quantitative estimate of drug-likeness (QED) is 0.102. The molecule has 1 fully saturated rings. The number of fused-ring (bicyclic) bond motifs is 3. The smallest absolute Gasteiger partial charge is 0.434 e. The third kappa shape index (κ3) is 7.26. The van der Waals surface area contributed by atoms with Gasteiger partial charge in [-0.2, -0.15) is 5.06 Å². The molecule has 7 rings (SSSR count). The molecule has 0 bridgehead atoms. The molecule has 2 aliphatic rings. The maximum absolute atomic E-state index is 14.0. The molecular weight excluding hydrogens is 697 g/mol. The Morgan fingerprint density at radius 3 is 1.72 bits per heavy atom. The number of esters is 1. The van der Waals surface area contributed by atoms with Crippen LogP contribution in [0.1, 0.15) is 54.0 Å². The van der Waals surface area contributed by atoms with E-state index in [1.54, 1.807) is 11.8 Å². The van der Waals surface area contributed by atoms with Crippen LogP contribution in [0.3, 0.4) is 0 Å². The summed E-state index contributed by atoms with van der Waals surface area (Å²) < 4.78 is 10.4. The lowest BCUT2D eigenvalue weighted by atomic mass is 9.84. The van der Waals surface area contributed by atoms with Gasteiger partial charge < -0.3 is 14.8 Å². The molecular formula is C45H44N2O6S. The summed E-state index contributed by atoms with van der Waals surface area (Å²) in [4.78, 5) is 47.0. The summed E-state index contributed by atoms with van der Waals surface area (Å²) >= 11 is 1.54. The zero-order valence-electron chi connectivity index (χ0n) is 30.6. The van der Waals surface area contributed by atoms with Gasteiger partial charge in [-0.15, -0.1) is 11.8 Å². The van der Waals surface area contributed by atoms with Crippen LogP contribution in [0.5, 0.6) is 0 Å². The molecule has 2 amide bonds. The molecule has 276 valence electrons. The maximum Gasteiger partial charge on any atom is 0.434 e. The third-order valence-electron chi connectivity index (χ3n) is 10.4.